The van der Waals surface area contributed by atoms with Crippen LogP contribution in [-0.2, 0) is 16.9 Å². The average Bonchev–Trinajstić information content (AvgIpc) is 2.62. The molecule has 0 aliphatic rings. The molecular formula is C9H9ClN2O2S. The Morgan fingerprint density at radius 3 is 3.00 bits per heavy atom. The molecule has 2 rings (SSSR count). The Kier molecular flexibility index (Phi) is 2.77. The van der Waals surface area contributed by atoms with Crippen LogP contribution < -0.4 is 5.56 Å². The smallest absolute Gasteiger partial charge is 0.275 e. The molecule has 0 aromatic carbocycles. The van der Waals surface area contributed by atoms with Crippen LogP contribution in [0.2, 0.25) is 0 Å². The summed E-state index contributed by atoms with van der Waals surface area (Å²) in [6, 6.07) is 1.74. The van der Waals surface area contributed by atoms with Crippen LogP contribution in [0.5, 0.6) is 0 Å². The number of pyridine rings is 1. The van der Waals surface area contributed by atoms with Gasteiger partial charge in [0.1, 0.15) is 15.9 Å². The minimum Gasteiger partial charge on any atom is -0.594 e. The molecule has 2 aromatic heterocycles. The summed E-state index contributed by atoms with van der Waals surface area (Å²) in [5.41, 5.74) is 0.326. The Balaban J connectivity index is 2.76. The van der Waals surface area contributed by atoms with Crippen LogP contribution in [-0.4, -0.2) is 14.1 Å². The first-order valence-electron chi connectivity index (χ1n) is 4.43. The fraction of sp³-hybridized carbons (Fsp3) is 0.222. The Bertz CT molecular complexity index is 547. The van der Waals surface area contributed by atoms with Gasteiger partial charge in [0.25, 0.3) is 5.56 Å². The van der Waals surface area contributed by atoms with Gasteiger partial charge < -0.3 is 14.1 Å². The summed E-state index contributed by atoms with van der Waals surface area (Å²) in [7, 11) is 3.90. The second kappa shape index (κ2) is 3.92. The summed E-state index contributed by atoms with van der Waals surface area (Å²) in [5, 5.41) is 0.623. The van der Waals surface area contributed by atoms with Crippen molar-refractivity contribution in [3.05, 3.63) is 28.8 Å². The van der Waals surface area contributed by atoms with Crippen LogP contribution in [0.25, 0.3) is 10.9 Å². The molecule has 0 bridgehead atoms. The van der Waals surface area contributed by atoms with Gasteiger partial charge in [-0.15, -0.1) is 0 Å². The zero-order chi connectivity index (χ0) is 11.0. The van der Waals surface area contributed by atoms with Gasteiger partial charge in [-0.05, 0) is 13.0 Å². The highest BCUT2D eigenvalue weighted by molar-refractivity contribution is 8.14. The number of hydrogen-bond donors (Lipinski definition) is 1. The number of halogens is 1. The van der Waals surface area contributed by atoms with Crippen molar-refractivity contribution in [3.63, 3.8) is 0 Å². The van der Waals surface area contributed by atoms with E-state index in [-0.39, 0.29) is 5.56 Å². The first-order valence-corrected chi connectivity index (χ1v) is 6.41. The van der Waals surface area contributed by atoms with E-state index in [0.717, 1.165) is 0 Å². The van der Waals surface area contributed by atoms with Crippen LogP contribution in [0.1, 0.15) is 6.92 Å². The van der Waals surface area contributed by atoms with E-state index in [1.807, 2.05) is 6.92 Å². The Labute approximate surface area is 93.5 Å². The lowest BCUT2D eigenvalue weighted by molar-refractivity contribution is 0.609. The standard InChI is InChI=1S/C9H9ClN2O2S/c1-2-12-4-3-6-7(15(10)14)5-11-8(6)9(12)13/h3-5,11H,2H2,1H3. The number of nitrogens with zero attached hydrogens (tertiary/aromatic N) is 1. The Hall–Kier alpha value is -0.910. The summed E-state index contributed by atoms with van der Waals surface area (Å²) >= 11 is 0. The maximum absolute atomic E-state index is 11.8. The molecule has 0 amide bonds. The van der Waals surface area contributed by atoms with Crippen LogP contribution in [0, 0.1) is 0 Å². The van der Waals surface area contributed by atoms with Gasteiger partial charge in [-0.25, -0.2) is 0 Å². The zero-order valence-electron chi connectivity index (χ0n) is 7.99. The molecule has 0 radical (unpaired) electrons. The van der Waals surface area contributed by atoms with Crippen molar-refractivity contribution in [1.29, 1.82) is 0 Å². The predicted octanol–water partition coefficient (Wildman–Crippen LogP) is 1.61. The van der Waals surface area contributed by atoms with Crippen molar-refractivity contribution in [2.45, 2.75) is 18.4 Å². The molecule has 0 aliphatic heterocycles. The second-order valence-corrected chi connectivity index (χ2v) is 4.80. The molecule has 0 saturated heterocycles. The molecule has 0 spiro atoms. The molecule has 0 saturated carbocycles. The van der Waals surface area contributed by atoms with Crippen LogP contribution >= 0.6 is 10.7 Å². The number of rotatable bonds is 2. The van der Waals surface area contributed by atoms with E-state index < -0.39 is 10.4 Å². The van der Waals surface area contributed by atoms with Crippen LogP contribution in [0.15, 0.2) is 28.2 Å². The summed E-state index contributed by atoms with van der Waals surface area (Å²) in [6.45, 7) is 2.49. The average molecular weight is 245 g/mol. The van der Waals surface area contributed by atoms with Gasteiger partial charge in [-0.3, -0.25) is 4.79 Å². The van der Waals surface area contributed by atoms with E-state index in [9.17, 15) is 9.35 Å². The molecule has 4 nitrogen and oxygen atoms in total. The van der Waals surface area contributed by atoms with Gasteiger partial charge in [-0.1, -0.05) is 0 Å². The summed E-state index contributed by atoms with van der Waals surface area (Å²) in [6.07, 6.45) is 3.18. The highest BCUT2D eigenvalue weighted by Crippen LogP contribution is 2.23. The Morgan fingerprint density at radius 1 is 1.67 bits per heavy atom. The van der Waals surface area contributed by atoms with Gasteiger partial charge >= 0.3 is 0 Å². The van der Waals surface area contributed by atoms with E-state index in [2.05, 4.69) is 4.98 Å². The SMILES string of the molecule is CCn1ccc2c([S+]([O-])Cl)c[nH]c2c1=O. The summed E-state index contributed by atoms with van der Waals surface area (Å²) in [5.74, 6) is 0. The topological polar surface area (TPSA) is 60.9 Å². The van der Waals surface area contributed by atoms with E-state index in [4.69, 9.17) is 10.7 Å². The molecule has 2 aromatic rings. The molecule has 1 N–H and O–H groups in total. The predicted molar refractivity (Wildman–Crippen MR) is 60.5 cm³/mol. The monoisotopic (exact) mass is 244 g/mol. The molecule has 0 fully saturated rings. The largest absolute Gasteiger partial charge is 0.594 e. The molecular weight excluding hydrogens is 236 g/mol. The minimum absolute atomic E-state index is 0.122. The molecule has 1 unspecified atom stereocenters. The Morgan fingerprint density at radius 2 is 2.40 bits per heavy atom. The third-order valence-electron chi connectivity index (χ3n) is 2.29. The maximum Gasteiger partial charge on any atom is 0.275 e. The lowest BCUT2D eigenvalue weighted by Gasteiger charge is -2.01. The molecule has 15 heavy (non-hydrogen) atoms. The third-order valence-corrected chi connectivity index (χ3v) is 3.47. The van der Waals surface area contributed by atoms with Crippen molar-refractivity contribution >= 4 is 32.0 Å². The summed E-state index contributed by atoms with van der Waals surface area (Å²) in [4.78, 5) is 15.0. The normalized spacial score (nSPS) is 13.3. The molecule has 80 valence electrons. The highest BCUT2D eigenvalue weighted by Gasteiger charge is 2.17. The number of aryl methyl sites for hydroxylation is 1. The van der Waals surface area contributed by atoms with Gasteiger partial charge in [0.2, 0.25) is 0 Å². The van der Waals surface area contributed by atoms with Gasteiger partial charge in [0, 0.05) is 12.7 Å². The first-order chi connectivity index (χ1) is 7.15. The summed E-state index contributed by atoms with van der Waals surface area (Å²) < 4.78 is 12.7. The molecule has 6 heteroatoms. The van der Waals surface area contributed by atoms with Gasteiger partial charge in [0.05, 0.1) is 11.6 Å². The fourth-order valence-corrected chi connectivity index (χ4v) is 2.39. The van der Waals surface area contributed by atoms with E-state index in [1.54, 1.807) is 16.8 Å². The van der Waals surface area contributed by atoms with Crippen molar-refractivity contribution in [2.75, 3.05) is 0 Å². The first kappa shape index (κ1) is 10.6. The van der Waals surface area contributed by atoms with Crippen LogP contribution in [0.3, 0.4) is 0 Å². The van der Waals surface area contributed by atoms with E-state index in [0.29, 0.717) is 22.3 Å². The van der Waals surface area contributed by atoms with Gasteiger partial charge in [-0.2, -0.15) is 0 Å². The number of nitrogens with one attached hydrogen (secondary N) is 1. The second-order valence-electron chi connectivity index (χ2n) is 3.07. The third kappa shape index (κ3) is 1.67. The molecule has 2 heterocycles. The fourth-order valence-electron chi connectivity index (χ4n) is 1.52. The highest BCUT2D eigenvalue weighted by atomic mass is 35.7. The molecule has 0 aliphatic carbocycles. The van der Waals surface area contributed by atoms with Crippen molar-refractivity contribution in [2.24, 2.45) is 0 Å². The van der Waals surface area contributed by atoms with Crippen molar-refractivity contribution in [3.8, 4) is 0 Å². The van der Waals surface area contributed by atoms with Crippen molar-refractivity contribution in [1.82, 2.24) is 9.55 Å². The number of fused-ring (bicyclic) bond motifs is 1. The van der Waals surface area contributed by atoms with E-state index in [1.165, 1.54) is 6.20 Å². The number of hydrogen-bond acceptors (Lipinski definition) is 2. The maximum atomic E-state index is 11.8. The number of H-pyrrole nitrogens is 1. The lowest BCUT2D eigenvalue weighted by Crippen LogP contribution is -2.18. The zero-order valence-corrected chi connectivity index (χ0v) is 9.56. The van der Waals surface area contributed by atoms with Crippen molar-refractivity contribution < 1.29 is 4.55 Å². The lowest BCUT2D eigenvalue weighted by atomic mass is 10.3. The van der Waals surface area contributed by atoms with Gasteiger partial charge in [0.15, 0.2) is 15.6 Å². The number of aromatic amines is 1. The quantitative estimate of drug-likeness (QED) is 0.816. The molecule has 1 atom stereocenters. The van der Waals surface area contributed by atoms with E-state index >= 15 is 0 Å². The van der Waals surface area contributed by atoms with Crippen LogP contribution in [0.4, 0.5) is 0 Å². The number of aromatic nitrogens is 2. The minimum atomic E-state index is -1.60.